The average molecular weight is 287 g/mol. The molecule has 2 unspecified atom stereocenters. The number of urea groups is 1. The van der Waals surface area contributed by atoms with Crippen LogP contribution in [0.4, 0.5) is 16.2 Å². The van der Waals surface area contributed by atoms with Gasteiger partial charge in [0, 0.05) is 30.5 Å². The van der Waals surface area contributed by atoms with Crippen LogP contribution < -0.4 is 15.5 Å². The highest BCUT2D eigenvalue weighted by molar-refractivity contribution is 5.94. The molecule has 2 aliphatic rings. The lowest BCUT2D eigenvalue weighted by Crippen LogP contribution is -2.30. The van der Waals surface area contributed by atoms with E-state index in [1.54, 1.807) is 4.90 Å². The van der Waals surface area contributed by atoms with Crippen LogP contribution in [0.3, 0.4) is 0 Å². The van der Waals surface area contributed by atoms with Crippen LogP contribution in [0.2, 0.25) is 0 Å². The summed E-state index contributed by atoms with van der Waals surface area (Å²) in [7, 11) is 0. The Bertz CT molecular complexity index is 489. The minimum Gasteiger partial charge on any atom is -0.382 e. The van der Waals surface area contributed by atoms with Gasteiger partial charge in [-0.15, -0.1) is 0 Å². The molecule has 0 aromatic heterocycles. The number of nitrogens with zero attached hydrogens (tertiary/aromatic N) is 1. The van der Waals surface area contributed by atoms with Crippen LogP contribution in [0, 0.1) is 11.8 Å². The predicted molar refractivity (Wildman–Crippen MR) is 86.8 cm³/mol. The molecule has 1 aliphatic heterocycles. The molecular formula is C17H25N3O. The molecule has 4 nitrogen and oxygen atoms in total. The summed E-state index contributed by atoms with van der Waals surface area (Å²) in [5, 5.41) is 6.48. The number of anilines is 2. The number of carbonyl (C=O) groups is 1. The lowest BCUT2D eigenvalue weighted by molar-refractivity contribution is 0.252. The van der Waals surface area contributed by atoms with Crippen molar-refractivity contribution in [1.29, 1.82) is 0 Å². The molecular weight excluding hydrogens is 262 g/mol. The summed E-state index contributed by atoms with van der Waals surface area (Å²) in [6.45, 7) is 6.18. The van der Waals surface area contributed by atoms with E-state index in [0.717, 1.165) is 36.3 Å². The molecule has 0 spiro atoms. The van der Waals surface area contributed by atoms with Crippen LogP contribution in [0.15, 0.2) is 24.3 Å². The van der Waals surface area contributed by atoms with Crippen molar-refractivity contribution >= 4 is 17.4 Å². The molecule has 0 bridgehead atoms. The summed E-state index contributed by atoms with van der Waals surface area (Å²) < 4.78 is 0. The second-order valence-electron chi connectivity index (χ2n) is 6.69. The van der Waals surface area contributed by atoms with Crippen LogP contribution in [-0.4, -0.2) is 25.2 Å². The Morgan fingerprint density at radius 1 is 1.10 bits per heavy atom. The number of amides is 2. The summed E-state index contributed by atoms with van der Waals surface area (Å²) in [4.78, 5) is 13.4. The minimum atomic E-state index is 0.00522. The molecule has 1 saturated heterocycles. The molecule has 1 heterocycles. The lowest BCUT2D eigenvalue weighted by atomic mass is 9.80. The van der Waals surface area contributed by atoms with Gasteiger partial charge < -0.3 is 10.6 Å². The number of hydrogen-bond donors (Lipinski definition) is 2. The topological polar surface area (TPSA) is 44.4 Å². The molecule has 2 fully saturated rings. The van der Waals surface area contributed by atoms with E-state index in [1.807, 2.05) is 12.1 Å². The Morgan fingerprint density at radius 3 is 2.33 bits per heavy atom. The number of hydrogen-bond acceptors (Lipinski definition) is 2. The number of carbonyl (C=O) groups excluding carboxylic acids is 1. The summed E-state index contributed by atoms with van der Waals surface area (Å²) in [6.07, 6.45) is 3.85. The summed E-state index contributed by atoms with van der Waals surface area (Å²) in [5.41, 5.74) is 2.13. The number of rotatable bonds is 3. The third kappa shape index (κ3) is 3.31. The summed E-state index contributed by atoms with van der Waals surface area (Å²) in [6, 6.07) is 8.82. The molecule has 1 aromatic carbocycles. The first kappa shape index (κ1) is 14.2. The SMILES string of the molecule is CC1CC(C)CC(Nc2ccc(N3CCNC3=O)cc2)C1. The average Bonchev–Trinajstić information content (AvgIpc) is 2.85. The van der Waals surface area contributed by atoms with Gasteiger partial charge in [0.25, 0.3) is 0 Å². The van der Waals surface area contributed by atoms with E-state index in [-0.39, 0.29) is 6.03 Å². The van der Waals surface area contributed by atoms with Crippen LogP contribution in [0.5, 0.6) is 0 Å². The zero-order chi connectivity index (χ0) is 14.8. The fraction of sp³-hybridized carbons (Fsp3) is 0.588. The van der Waals surface area contributed by atoms with Gasteiger partial charge in [0.05, 0.1) is 0 Å². The van der Waals surface area contributed by atoms with Gasteiger partial charge in [0.15, 0.2) is 0 Å². The quantitative estimate of drug-likeness (QED) is 0.894. The van der Waals surface area contributed by atoms with Crippen LogP contribution in [-0.2, 0) is 0 Å². The van der Waals surface area contributed by atoms with Gasteiger partial charge in [0.2, 0.25) is 0 Å². The Kier molecular flexibility index (Phi) is 4.04. The maximum Gasteiger partial charge on any atom is 0.321 e. The number of nitrogens with one attached hydrogen (secondary N) is 2. The van der Waals surface area contributed by atoms with Gasteiger partial charge in [-0.25, -0.2) is 4.79 Å². The smallest absolute Gasteiger partial charge is 0.321 e. The summed E-state index contributed by atoms with van der Waals surface area (Å²) >= 11 is 0. The van der Waals surface area contributed by atoms with Gasteiger partial charge in [-0.2, -0.15) is 0 Å². The highest BCUT2D eigenvalue weighted by Crippen LogP contribution is 2.30. The Hall–Kier alpha value is -1.71. The van der Waals surface area contributed by atoms with Crippen molar-refractivity contribution in [2.75, 3.05) is 23.3 Å². The van der Waals surface area contributed by atoms with E-state index in [0.29, 0.717) is 6.04 Å². The molecule has 21 heavy (non-hydrogen) atoms. The van der Waals surface area contributed by atoms with E-state index in [4.69, 9.17) is 0 Å². The van der Waals surface area contributed by atoms with Crippen molar-refractivity contribution in [1.82, 2.24) is 5.32 Å². The fourth-order valence-corrected chi connectivity index (χ4v) is 3.76. The highest BCUT2D eigenvalue weighted by atomic mass is 16.2. The van der Waals surface area contributed by atoms with Gasteiger partial charge in [-0.05, 0) is 55.4 Å². The third-order valence-electron chi connectivity index (χ3n) is 4.59. The fourth-order valence-electron chi connectivity index (χ4n) is 3.76. The van der Waals surface area contributed by atoms with E-state index in [9.17, 15) is 4.79 Å². The van der Waals surface area contributed by atoms with Gasteiger partial charge in [0.1, 0.15) is 0 Å². The zero-order valence-electron chi connectivity index (χ0n) is 12.9. The molecule has 1 aromatic rings. The monoisotopic (exact) mass is 287 g/mol. The van der Waals surface area contributed by atoms with Crippen molar-refractivity contribution in [3.63, 3.8) is 0 Å². The highest BCUT2D eigenvalue weighted by Gasteiger charge is 2.24. The molecule has 2 amide bonds. The van der Waals surface area contributed by atoms with Crippen LogP contribution in [0.25, 0.3) is 0 Å². The number of benzene rings is 1. The van der Waals surface area contributed by atoms with Crippen molar-refractivity contribution in [2.24, 2.45) is 11.8 Å². The van der Waals surface area contributed by atoms with Gasteiger partial charge in [-0.1, -0.05) is 13.8 Å². The normalized spacial score (nSPS) is 29.3. The molecule has 4 heteroatoms. The van der Waals surface area contributed by atoms with Gasteiger partial charge in [-0.3, -0.25) is 4.90 Å². The van der Waals surface area contributed by atoms with Crippen LogP contribution >= 0.6 is 0 Å². The second-order valence-corrected chi connectivity index (χ2v) is 6.69. The zero-order valence-corrected chi connectivity index (χ0v) is 12.9. The molecule has 1 aliphatic carbocycles. The van der Waals surface area contributed by atoms with E-state index >= 15 is 0 Å². The molecule has 114 valence electrons. The standard InChI is InChI=1S/C17H25N3O/c1-12-9-13(2)11-15(10-12)19-14-3-5-16(6-4-14)20-8-7-18-17(20)21/h3-6,12-13,15,19H,7-11H2,1-2H3,(H,18,21). The Morgan fingerprint density at radius 2 is 1.76 bits per heavy atom. The maximum atomic E-state index is 11.6. The minimum absolute atomic E-state index is 0.00522. The maximum absolute atomic E-state index is 11.6. The van der Waals surface area contributed by atoms with Crippen molar-refractivity contribution in [2.45, 2.75) is 39.2 Å². The molecule has 0 radical (unpaired) electrons. The van der Waals surface area contributed by atoms with Crippen molar-refractivity contribution in [3.05, 3.63) is 24.3 Å². The Balaban J connectivity index is 1.63. The first-order chi connectivity index (χ1) is 10.1. The first-order valence-electron chi connectivity index (χ1n) is 8.04. The van der Waals surface area contributed by atoms with Crippen molar-refractivity contribution < 1.29 is 4.79 Å². The third-order valence-corrected chi connectivity index (χ3v) is 4.59. The van der Waals surface area contributed by atoms with Crippen molar-refractivity contribution in [3.8, 4) is 0 Å². The molecule has 3 rings (SSSR count). The lowest BCUT2D eigenvalue weighted by Gasteiger charge is -2.32. The van der Waals surface area contributed by atoms with Crippen LogP contribution in [0.1, 0.15) is 33.1 Å². The largest absolute Gasteiger partial charge is 0.382 e. The Labute approximate surface area is 126 Å². The second kappa shape index (κ2) is 5.96. The molecule has 2 N–H and O–H groups in total. The van der Waals surface area contributed by atoms with E-state index in [1.165, 1.54) is 19.3 Å². The van der Waals surface area contributed by atoms with E-state index in [2.05, 4.69) is 36.6 Å². The van der Waals surface area contributed by atoms with Gasteiger partial charge >= 0.3 is 6.03 Å². The first-order valence-corrected chi connectivity index (χ1v) is 8.04. The summed E-state index contributed by atoms with van der Waals surface area (Å²) in [5.74, 6) is 1.61. The molecule has 2 atom stereocenters. The van der Waals surface area contributed by atoms with E-state index < -0.39 is 0 Å². The predicted octanol–water partition coefficient (Wildman–Crippen LogP) is 3.45. The molecule has 1 saturated carbocycles.